The highest BCUT2D eigenvalue weighted by Crippen LogP contribution is 2.28. The van der Waals surface area contributed by atoms with Gasteiger partial charge >= 0.3 is 0 Å². The lowest BCUT2D eigenvalue weighted by molar-refractivity contribution is -0.128. The molecular formula is C15H24N4OS. The molecule has 0 radical (unpaired) electrons. The summed E-state index contributed by atoms with van der Waals surface area (Å²) in [5.74, 6) is 1.89. The van der Waals surface area contributed by atoms with Gasteiger partial charge in [-0.2, -0.15) is 4.37 Å². The highest BCUT2D eigenvalue weighted by atomic mass is 32.1. The zero-order valence-corrected chi connectivity index (χ0v) is 13.7. The number of rotatable bonds is 4. The molecule has 5 nitrogen and oxygen atoms in total. The maximum Gasteiger partial charge on any atom is 0.223 e. The molecule has 1 N–H and O–H groups in total. The number of aromatic nitrogens is 2. The van der Waals surface area contributed by atoms with Crippen LogP contribution < -0.4 is 10.2 Å². The maximum atomic E-state index is 12.0. The summed E-state index contributed by atoms with van der Waals surface area (Å²) in [5.41, 5.74) is 0. The molecule has 1 saturated carbocycles. The van der Waals surface area contributed by atoms with Gasteiger partial charge < -0.3 is 10.2 Å². The van der Waals surface area contributed by atoms with Crippen molar-refractivity contribution in [2.45, 2.75) is 57.9 Å². The number of amides is 1. The van der Waals surface area contributed by atoms with Gasteiger partial charge in [-0.3, -0.25) is 4.79 Å². The van der Waals surface area contributed by atoms with Crippen LogP contribution in [0.15, 0.2) is 0 Å². The van der Waals surface area contributed by atoms with Crippen LogP contribution >= 0.6 is 11.5 Å². The topological polar surface area (TPSA) is 58.1 Å². The van der Waals surface area contributed by atoms with E-state index in [0.717, 1.165) is 49.7 Å². The van der Waals surface area contributed by atoms with Crippen molar-refractivity contribution in [3.8, 4) is 0 Å². The molecule has 0 unspecified atom stereocenters. The number of nitrogens with zero attached hydrogens (tertiary/aromatic N) is 3. The summed E-state index contributed by atoms with van der Waals surface area (Å²) in [6, 6.07) is 0.340. The van der Waals surface area contributed by atoms with Gasteiger partial charge in [0.25, 0.3) is 0 Å². The highest BCUT2D eigenvalue weighted by molar-refractivity contribution is 7.09. The van der Waals surface area contributed by atoms with E-state index in [2.05, 4.69) is 33.4 Å². The van der Waals surface area contributed by atoms with Crippen molar-refractivity contribution < 1.29 is 4.79 Å². The zero-order chi connectivity index (χ0) is 14.8. The third-order valence-electron chi connectivity index (χ3n) is 4.54. The molecule has 2 heterocycles. The van der Waals surface area contributed by atoms with Crippen molar-refractivity contribution in [1.29, 1.82) is 0 Å². The predicted molar refractivity (Wildman–Crippen MR) is 84.7 cm³/mol. The molecule has 0 aromatic carbocycles. The van der Waals surface area contributed by atoms with Gasteiger partial charge in [-0.15, -0.1) is 0 Å². The number of carbonyl (C=O) groups excluding carboxylic acids is 1. The van der Waals surface area contributed by atoms with Gasteiger partial charge in [-0.1, -0.05) is 20.3 Å². The Balaban J connectivity index is 1.48. The molecule has 0 spiro atoms. The molecule has 1 saturated heterocycles. The van der Waals surface area contributed by atoms with Gasteiger partial charge in [-0.05, 0) is 25.7 Å². The van der Waals surface area contributed by atoms with E-state index >= 15 is 0 Å². The third kappa shape index (κ3) is 3.36. The molecule has 1 aromatic heterocycles. The monoisotopic (exact) mass is 308 g/mol. The molecule has 0 atom stereocenters. The normalized spacial score (nSPS) is 20.6. The van der Waals surface area contributed by atoms with Crippen molar-refractivity contribution in [2.24, 2.45) is 5.92 Å². The summed E-state index contributed by atoms with van der Waals surface area (Å²) in [6.07, 6.45) is 5.39. The van der Waals surface area contributed by atoms with Gasteiger partial charge in [0, 0.05) is 42.5 Å². The van der Waals surface area contributed by atoms with Crippen molar-refractivity contribution in [2.75, 3.05) is 18.0 Å². The van der Waals surface area contributed by atoms with Gasteiger partial charge in [-0.25, -0.2) is 4.98 Å². The minimum Gasteiger partial charge on any atom is -0.353 e. The van der Waals surface area contributed by atoms with E-state index in [1.807, 2.05) is 0 Å². The Morgan fingerprint density at radius 3 is 2.52 bits per heavy atom. The average molecular weight is 308 g/mol. The van der Waals surface area contributed by atoms with Crippen LogP contribution in [0.2, 0.25) is 0 Å². The standard InChI is InChI=1S/C15H24N4OS/c1-10(2)13-17-15(21-18-13)19-8-6-12(7-9-19)16-14(20)11-4-3-5-11/h10-12H,3-9H2,1-2H3,(H,16,20). The van der Waals surface area contributed by atoms with Crippen LogP contribution in [0.1, 0.15) is 57.7 Å². The number of anilines is 1. The first-order valence-electron chi connectivity index (χ1n) is 8.02. The van der Waals surface area contributed by atoms with E-state index < -0.39 is 0 Å². The molecule has 116 valence electrons. The van der Waals surface area contributed by atoms with E-state index in [9.17, 15) is 4.79 Å². The van der Waals surface area contributed by atoms with Crippen molar-refractivity contribution in [1.82, 2.24) is 14.7 Å². The van der Waals surface area contributed by atoms with Gasteiger partial charge in [0.1, 0.15) is 5.82 Å². The van der Waals surface area contributed by atoms with E-state index in [1.165, 1.54) is 18.0 Å². The maximum absolute atomic E-state index is 12.0. The van der Waals surface area contributed by atoms with Gasteiger partial charge in [0.2, 0.25) is 11.0 Å². The summed E-state index contributed by atoms with van der Waals surface area (Å²) in [7, 11) is 0. The molecule has 0 bridgehead atoms. The Morgan fingerprint density at radius 1 is 1.29 bits per heavy atom. The molecule has 1 amide bonds. The lowest BCUT2D eigenvalue weighted by Gasteiger charge is -2.33. The molecule has 1 aliphatic carbocycles. The quantitative estimate of drug-likeness (QED) is 0.928. The second-order valence-corrected chi connectivity index (χ2v) is 7.22. The zero-order valence-electron chi connectivity index (χ0n) is 12.8. The SMILES string of the molecule is CC(C)c1nsc(N2CCC(NC(=O)C3CCC3)CC2)n1. The number of piperidine rings is 1. The van der Waals surface area contributed by atoms with Crippen molar-refractivity contribution >= 4 is 22.6 Å². The van der Waals surface area contributed by atoms with E-state index in [4.69, 9.17) is 0 Å². The van der Waals surface area contributed by atoms with E-state index in [-0.39, 0.29) is 5.91 Å². The Hall–Kier alpha value is -1.17. The van der Waals surface area contributed by atoms with E-state index in [0.29, 0.717) is 17.9 Å². The predicted octanol–water partition coefficient (Wildman–Crippen LogP) is 2.55. The van der Waals surface area contributed by atoms with Crippen LogP contribution in [0, 0.1) is 5.92 Å². The minimum absolute atomic E-state index is 0.276. The molecule has 2 aliphatic rings. The second-order valence-electron chi connectivity index (χ2n) is 6.49. The van der Waals surface area contributed by atoms with Crippen LogP contribution in [-0.4, -0.2) is 34.4 Å². The molecular weight excluding hydrogens is 284 g/mol. The summed E-state index contributed by atoms with van der Waals surface area (Å²) in [6.45, 7) is 6.16. The summed E-state index contributed by atoms with van der Waals surface area (Å²) >= 11 is 1.49. The van der Waals surface area contributed by atoms with Crippen LogP contribution in [0.3, 0.4) is 0 Å². The second kappa shape index (κ2) is 6.30. The molecule has 1 aromatic rings. The number of carbonyl (C=O) groups is 1. The summed E-state index contributed by atoms with van der Waals surface area (Å²) in [4.78, 5) is 18.9. The van der Waals surface area contributed by atoms with Gasteiger partial charge in [0.05, 0.1) is 0 Å². The first-order chi connectivity index (χ1) is 10.1. The fourth-order valence-electron chi connectivity index (χ4n) is 2.79. The number of hydrogen-bond donors (Lipinski definition) is 1. The highest BCUT2D eigenvalue weighted by Gasteiger charge is 2.29. The van der Waals surface area contributed by atoms with Crippen LogP contribution in [-0.2, 0) is 4.79 Å². The summed E-state index contributed by atoms with van der Waals surface area (Å²) in [5, 5.41) is 4.25. The first kappa shape index (κ1) is 14.8. The van der Waals surface area contributed by atoms with E-state index in [1.54, 1.807) is 0 Å². The minimum atomic E-state index is 0.276. The molecule has 6 heteroatoms. The molecule has 21 heavy (non-hydrogen) atoms. The van der Waals surface area contributed by atoms with Gasteiger partial charge in [0.15, 0.2) is 0 Å². The Labute approximate surface area is 130 Å². The Kier molecular flexibility index (Phi) is 4.42. The Morgan fingerprint density at radius 2 is 2.00 bits per heavy atom. The fraction of sp³-hybridized carbons (Fsp3) is 0.800. The molecule has 1 aliphatic heterocycles. The molecule has 3 rings (SSSR count). The number of hydrogen-bond acceptors (Lipinski definition) is 5. The largest absolute Gasteiger partial charge is 0.353 e. The average Bonchev–Trinajstić information content (AvgIpc) is 2.87. The third-order valence-corrected chi connectivity index (χ3v) is 5.33. The van der Waals surface area contributed by atoms with Crippen LogP contribution in [0.4, 0.5) is 5.13 Å². The first-order valence-corrected chi connectivity index (χ1v) is 8.79. The number of nitrogens with one attached hydrogen (secondary N) is 1. The lowest BCUT2D eigenvalue weighted by atomic mass is 9.84. The van der Waals surface area contributed by atoms with Crippen LogP contribution in [0.5, 0.6) is 0 Å². The van der Waals surface area contributed by atoms with Crippen molar-refractivity contribution in [3.05, 3.63) is 5.82 Å². The Bertz CT molecular complexity index is 490. The van der Waals surface area contributed by atoms with Crippen LogP contribution in [0.25, 0.3) is 0 Å². The smallest absolute Gasteiger partial charge is 0.223 e. The summed E-state index contributed by atoms with van der Waals surface area (Å²) < 4.78 is 4.42. The van der Waals surface area contributed by atoms with Crippen molar-refractivity contribution in [3.63, 3.8) is 0 Å². The fourth-order valence-corrected chi connectivity index (χ4v) is 3.65. The lowest BCUT2D eigenvalue weighted by Crippen LogP contribution is -2.47. The molecule has 2 fully saturated rings.